The number of nitrogens with one attached hydrogen (secondary N) is 1. The first kappa shape index (κ1) is 21.4. The maximum absolute atomic E-state index is 14.5. The molecular weight excluding hydrogens is 428 g/mol. The number of methoxy groups -OCH3 is 1. The zero-order valence-electron chi connectivity index (χ0n) is 15.6. The molecule has 0 radical (unpaired) electrons. The van der Waals surface area contributed by atoms with Gasteiger partial charge in [-0.1, -0.05) is 11.2 Å². The Morgan fingerprint density at radius 2 is 2.03 bits per heavy atom. The second kappa shape index (κ2) is 8.61. The highest BCUT2D eigenvalue weighted by Gasteiger charge is 2.29. The lowest BCUT2D eigenvalue weighted by atomic mass is 9.98. The molecule has 12 heteroatoms. The molecule has 0 aliphatic heterocycles. The summed E-state index contributed by atoms with van der Waals surface area (Å²) in [6.45, 7) is 0.141. The summed E-state index contributed by atoms with van der Waals surface area (Å²) in [7, 11) is 1.37. The summed E-state index contributed by atoms with van der Waals surface area (Å²) in [6.07, 6.45) is -3.27. The quantitative estimate of drug-likeness (QED) is 0.575. The van der Waals surface area contributed by atoms with Crippen LogP contribution in [-0.4, -0.2) is 41.0 Å². The van der Waals surface area contributed by atoms with Gasteiger partial charge in [0.05, 0.1) is 18.2 Å². The number of rotatable bonds is 6. The van der Waals surface area contributed by atoms with Gasteiger partial charge in [-0.05, 0) is 36.5 Å². The zero-order chi connectivity index (χ0) is 21.9. The van der Waals surface area contributed by atoms with Gasteiger partial charge >= 0.3 is 6.18 Å². The van der Waals surface area contributed by atoms with Crippen molar-refractivity contribution < 1.29 is 31.8 Å². The second-order valence-electron chi connectivity index (χ2n) is 5.92. The van der Waals surface area contributed by atoms with Gasteiger partial charge in [-0.3, -0.25) is 15.1 Å². The highest BCUT2D eigenvalue weighted by atomic mass is 32.1. The average molecular weight is 442 g/mol. The van der Waals surface area contributed by atoms with E-state index in [1.54, 1.807) is 13.0 Å². The molecule has 3 aromatic rings. The first-order valence-electron chi connectivity index (χ1n) is 8.32. The number of pyridine rings is 1. The molecule has 0 saturated heterocycles. The van der Waals surface area contributed by atoms with Crippen LogP contribution in [0.25, 0.3) is 11.1 Å². The molecule has 30 heavy (non-hydrogen) atoms. The number of benzene rings is 1. The summed E-state index contributed by atoms with van der Waals surface area (Å²) in [4.78, 5) is 16.8. The molecule has 158 valence electrons. The summed E-state index contributed by atoms with van der Waals surface area (Å²) < 4.78 is 60.9. The van der Waals surface area contributed by atoms with E-state index in [1.165, 1.54) is 31.5 Å². The number of ether oxygens (including phenoxy) is 2. The minimum Gasteiger partial charge on any atom is -0.496 e. The number of alkyl halides is 3. The molecule has 0 spiro atoms. The Morgan fingerprint density at radius 3 is 2.73 bits per heavy atom. The smallest absolute Gasteiger partial charge is 0.422 e. The molecule has 1 aromatic carbocycles. The monoisotopic (exact) mass is 442 g/mol. The van der Waals surface area contributed by atoms with E-state index in [4.69, 9.17) is 4.74 Å². The Balaban J connectivity index is 1.89. The lowest BCUT2D eigenvalue weighted by Gasteiger charge is -2.14. The van der Waals surface area contributed by atoms with E-state index in [9.17, 15) is 22.4 Å². The lowest BCUT2D eigenvalue weighted by molar-refractivity contribution is -0.153. The number of nitrogens with zero attached hydrogens (tertiary/aromatic N) is 3. The summed E-state index contributed by atoms with van der Waals surface area (Å²) in [5.74, 6) is -1.09. The van der Waals surface area contributed by atoms with Crippen molar-refractivity contribution in [3.05, 3.63) is 47.5 Å². The van der Waals surface area contributed by atoms with Crippen molar-refractivity contribution in [3.63, 3.8) is 0 Å². The van der Waals surface area contributed by atoms with Gasteiger partial charge in [0.1, 0.15) is 11.6 Å². The Labute approximate surface area is 171 Å². The van der Waals surface area contributed by atoms with E-state index in [2.05, 4.69) is 25.2 Å². The molecule has 0 fully saturated rings. The Hall–Kier alpha value is -3.28. The summed E-state index contributed by atoms with van der Waals surface area (Å²) in [5.41, 5.74) is 0.845. The van der Waals surface area contributed by atoms with Crippen molar-refractivity contribution in [2.75, 3.05) is 19.0 Å². The topological polar surface area (TPSA) is 86.2 Å². The minimum atomic E-state index is -4.53. The van der Waals surface area contributed by atoms with Crippen molar-refractivity contribution in [1.82, 2.24) is 15.2 Å². The molecule has 2 heterocycles. The molecular formula is C18H14F4N4O3S. The molecule has 3 rings (SSSR count). The van der Waals surface area contributed by atoms with E-state index >= 15 is 0 Å². The van der Waals surface area contributed by atoms with Crippen molar-refractivity contribution in [3.8, 4) is 22.1 Å². The number of hydrogen-bond donors (Lipinski definition) is 1. The van der Waals surface area contributed by atoms with Gasteiger partial charge in [0.15, 0.2) is 6.61 Å². The third-order valence-corrected chi connectivity index (χ3v) is 4.49. The standard InChI is InChI=1S/C18H14F4N4O3S/c1-9-6-10(14-12(19)4-3-5-13(14)28-2)11(7-23-9)15(27)24-16-25-26-17(30-16)29-8-18(20,21)22/h3-7H,8H2,1-2H3,(H,24,25,27). The van der Waals surface area contributed by atoms with Gasteiger partial charge in [-0.25, -0.2) is 4.39 Å². The third-order valence-electron chi connectivity index (χ3n) is 3.74. The van der Waals surface area contributed by atoms with Gasteiger partial charge in [0.2, 0.25) is 5.13 Å². The SMILES string of the molecule is COc1cccc(F)c1-c1cc(C)ncc1C(=O)Nc1nnc(OCC(F)(F)F)s1. The summed E-state index contributed by atoms with van der Waals surface area (Å²) in [5, 5.41) is 8.97. The molecule has 1 N–H and O–H groups in total. The number of amides is 1. The summed E-state index contributed by atoms with van der Waals surface area (Å²) in [6, 6.07) is 5.76. The highest BCUT2D eigenvalue weighted by molar-refractivity contribution is 7.17. The molecule has 0 saturated carbocycles. The van der Waals surface area contributed by atoms with Gasteiger partial charge in [-0.15, -0.1) is 5.10 Å². The van der Waals surface area contributed by atoms with Crippen LogP contribution in [0.3, 0.4) is 0 Å². The van der Waals surface area contributed by atoms with E-state index in [0.29, 0.717) is 17.0 Å². The first-order chi connectivity index (χ1) is 14.2. The largest absolute Gasteiger partial charge is 0.496 e. The van der Waals surface area contributed by atoms with E-state index in [-0.39, 0.29) is 32.8 Å². The van der Waals surface area contributed by atoms with Crippen LogP contribution in [0.2, 0.25) is 0 Å². The van der Waals surface area contributed by atoms with Crippen molar-refractivity contribution >= 4 is 22.4 Å². The van der Waals surface area contributed by atoms with Crippen LogP contribution in [0.5, 0.6) is 10.9 Å². The van der Waals surface area contributed by atoms with Crippen LogP contribution in [0.15, 0.2) is 30.5 Å². The molecule has 0 bridgehead atoms. The van der Waals surface area contributed by atoms with Crippen LogP contribution < -0.4 is 14.8 Å². The third kappa shape index (κ3) is 5.00. The molecule has 0 atom stereocenters. The molecule has 0 unspecified atom stereocenters. The maximum Gasteiger partial charge on any atom is 0.422 e. The number of aryl methyl sites for hydroxylation is 1. The Morgan fingerprint density at radius 1 is 1.27 bits per heavy atom. The number of hydrogen-bond acceptors (Lipinski definition) is 7. The Bertz CT molecular complexity index is 1070. The molecule has 1 amide bonds. The van der Waals surface area contributed by atoms with Crippen LogP contribution in [-0.2, 0) is 0 Å². The predicted molar refractivity (Wildman–Crippen MR) is 100 cm³/mol. The fourth-order valence-electron chi connectivity index (χ4n) is 2.51. The predicted octanol–water partition coefficient (Wildman–Crippen LogP) is 4.25. The van der Waals surface area contributed by atoms with Crippen LogP contribution in [0.4, 0.5) is 22.7 Å². The van der Waals surface area contributed by atoms with Crippen LogP contribution in [0, 0.1) is 12.7 Å². The fourth-order valence-corrected chi connectivity index (χ4v) is 3.10. The minimum absolute atomic E-state index is 0.0111. The number of aromatic nitrogens is 3. The van der Waals surface area contributed by atoms with Crippen LogP contribution in [0.1, 0.15) is 16.1 Å². The number of anilines is 1. The summed E-state index contributed by atoms with van der Waals surface area (Å²) >= 11 is 0.617. The molecule has 0 aliphatic rings. The van der Waals surface area contributed by atoms with Gasteiger partial charge in [0, 0.05) is 17.5 Å². The lowest BCUT2D eigenvalue weighted by Crippen LogP contribution is -2.19. The van der Waals surface area contributed by atoms with E-state index in [0.717, 1.165) is 0 Å². The highest BCUT2D eigenvalue weighted by Crippen LogP contribution is 2.35. The Kier molecular flexibility index (Phi) is 6.15. The molecule has 2 aromatic heterocycles. The van der Waals surface area contributed by atoms with Gasteiger partial charge < -0.3 is 9.47 Å². The van der Waals surface area contributed by atoms with Crippen molar-refractivity contribution in [1.29, 1.82) is 0 Å². The van der Waals surface area contributed by atoms with E-state index in [1.807, 2.05) is 0 Å². The molecule has 7 nitrogen and oxygen atoms in total. The van der Waals surface area contributed by atoms with Gasteiger partial charge in [-0.2, -0.15) is 13.2 Å². The van der Waals surface area contributed by atoms with Gasteiger partial charge in [0.25, 0.3) is 11.1 Å². The zero-order valence-corrected chi connectivity index (χ0v) is 16.4. The number of carbonyl (C=O) groups is 1. The van der Waals surface area contributed by atoms with Crippen molar-refractivity contribution in [2.24, 2.45) is 0 Å². The normalized spacial score (nSPS) is 11.3. The first-order valence-corrected chi connectivity index (χ1v) is 9.13. The van der Waals surface area contributed by atoms with Crippen LogP contribution >= 0.6 is 11.3 Å². The average Bonchev–Trinajstić information content (AvgIpc) is 3.12. The van der Waals surface area contributed by atoms with Crippen molar-refractivity contribution in [2.45, 2.75) is 13.1 Å². The maximum atomic E-state index is 14.5. The fraction of sp³-hybridized carbons (Fsp3) is 0.222. The molecule has 0 aliphatic carbocycles. The second-order valence-corrected chi connectivity index (χ2v) is 6.86. The van der Waals surface area contributed by atoms with E-state index < -0.39 is 24.5 Å². The number of carbonyl (C=O) groups excluding carboxylic acids is 1. The number of halogens is 4.